The normalized spacial score (nSPS) is 12.1. The third-order valence-electron chi connectivity index (χ3n) is 2.30. The summed E-state index contributed by atoms with van der Waals surface area (Å²) in [6, 6.07) is 6.75. The Morgan fingerprint density at radius 1 is 1.53 bits per heavy atom. The number of carbonyl (C=O) groups excluding carboxylic acids is 1. The highest BCUT2D eigenvalue weighted by Crippen LogP contribution is 2.18. The number of hydrogen-bond acceptors (Lipinski definition) is 4. The van der Waals surface area contributed by atoms with Gasteiger partial charge in [-0.1, -0.05) is 6.07 Å². The summed E-state index contributed by atoms with van der Waals surface area (Å²) < 4.78 is 0. The van der Waals surface area contributed by atoms with Crippen molar-refractivity contribution in [2.24, 2.45) is 5.73 Å². The zero-order chi connectivity index (χ0) is 12.3. The minimum atomic E-state index is -0.641. The van der Waals surface area contributed by atoms with Crippen LogP contribution in [0.15, 0.2) is 35.8 Å². The largest absolute Gasteiger partial charge is 0.316 e. The van der Waals surface area contributed by atoms with Gasteiger partial charge in [0.15, 0.2) is 0 Å². The van der Waals surface area contributed by atoms with Gasteiger partial charge in [-0.25, -0.2) is 4.98 Å². The molecule has 0 aromatic carbocycles. The van der Waals surface area contributed by atoms with Gasteiger partial charge in [0.25, 0.3) is 0 Å². The van der Waals surface area contributed by atoms with Gasteiger partial charge in [0, 0.05) is 11.1 Å². The van der Waals surface area contributed by atoms with Crippen LogP contribution in [0.4, 0.5) is 5.82 Å². The Balaban J connectivity index is 2.07. The molecule has 1 atom stereocenters. The van der Waals surface area contributed by atoms with Crippen LogP contribution < -0.4 is 11.1 Å². The second-order valence-electron chi connectivity index (χ2n) is 3.70. The lowest BCUT2D eigenvalue weighted by Gasteiger charge is -2.10. The van der Waals surface area contributed by atoms with E-state index in [-0.39, 0.29) is 5.91 Å². The highest BCUT2D eigenvalue weighted by atomic mass is 32.1. The number of anilines is 1. The number of thiophene rings is 1. The zero-order valence-corrected chi connectivity index (χ0v) is 10.2. The second-order valence-corrected chi connectivity index (χ2v) is 4.68. The Labute approximate surface area is 103 Å². The lowest BCUT2D eigenvalue weighted by atomic mass is 10.2. The fraction of sp³-hybridized carbons (Fsp3) is 0.167. The van der Waals surface area contributed by atoms with Crippen molar-refractivity contribution < 1.29 is 4.79 Å². The average molecular weight is 247 g/mol. The van der Waals surface area contributed by atoms with Crippen molar-refractivity contribution in [1.82, 2.24) is 4.98 Å². The molecule has 2 aromatic heterocycles. The van der Waals surface area contributed by atoms with Crippen molar-refractivity contribution in [2.75, 3.05) is 5.32 Å². The van der Waals surface area contributed by atoms with Crippen molar-refractivity contribution in [1.29, 1.82) is 0 Å². The minimum Gasteiger partial charge on any atom is -0.316 e. The Hall–Kier alpha value is -1.72. The van der Waals surface area contributed by atoms with Crippen molar-refractivity contribution in [3.05, 3.63) is 46.3 Å². The molecule has 88 valence electrons. The number of nitrogens with one attached hydrogen (secondary N) is 1. The van der Waals surface area contributed by atoms with Crippen LogP contribution in [0.5, 0.6) is 0 Å². The molecule has 4 nitrogen and oxygen atoms in total. The summed E-state index contributed by atoms with van der Waals surface area (Å²) in [4.78, 5) is 16.8. The quantitative estimate of drug-likeness (QED) is 0.872. The first kappa shape index (κ1) is 11.8. The van der Waals surface area contributed by atoms with E-state index in [1.54, 1.807) is 12.3 Å². The summed E-state index contributed by atoms with van der Waals surface area (Å²) >= 11 is 1.47. The number of nitrogens with two attached hydrogens (primary N) is 1. The van der Waals surface area contributed by atoms with Crippen molar-refractivity contribution in [3.8, 4) is 0 Å². The number of aromatic nitrogens is 1. The van der Waals surface area contributed by atoms with Gasteiger partial charge in [0.2, 0.25) is 5.91 Å². The summed E-state index contributed by atoms with van der Waals surface area (Å²) in [5.74, 6) is 0.285. The molecule has 0 fully saturated rings. The monoisotopic (exact) mass is 247 g/mol. The van der Waals surface area contributed by atoms with Gasteiger partial charge in [-0.05, 0) is 36.1 Å². The van der Waals surface area contributed by atoms with Gasteiger partial charge in [-0.2, -0.15) is 0 Å². The van der Waals surface area contributed by atoms with Crippen LogP contribution >= 0.6 is 11.3 Å². The van der Waals surface area contributed by atoms with E-state index < -0.39 is 6.04 Å². The third kappa shape index (κ3) is 2.89. The van der Waals surface area contributed by atoms with Crippen molar-refractivity contribution in [2.45, 2.75) is 13.0 Å². The van der Waals surface area contributed by atoms with Crippen LogP contribution in [0.1, 0.15) is 16.5 Å². The maximum Gasteiger partial charge on any atom is 0.247 e. The topological polar surface area (TPSA) is 68.0 Å². The van der Waals surface area contributed by atoms with Crippen LogP contribution in [0.25, 0.3) is 0 Å². The van der Waals surface area contributed by atoms with E-state index >= 15 is 0 Å². The van der Waals surface area contributed by atoms with Gasteiger partial charge >= 0.3 is 0 Å². The Bertz CT molecular complexity index is 510. The van der Waals surface area contributed by atoms with Crippen LogP contribution in [0, 0.1) is 6.92 Å². The molecule has 0 aliphatic rings. The van der Waals surface area contributed by atoms with E-state index in [2.05, 4.69) is 10.3 Å². The van der Waals surface area contributed by atoms with E-state index in [1.165, 1.54) is 11.3 Å². The van der Waals surface area contributed by atoms with Gasteiger partial charge in [-0.3, -0.25) is 4.79 Å². The number of rotatable bonds is 3. The van der Waals surface area contributed by atoms with Crippen LogP contribution in [-0.4, -0.2) is 10.9 Å². The molecule has 2 heterocycles. The molecule has 2 aromatic rings. The average Bonchev–Trinajstić information content (AvgIpc) is 2.81. The second kappa shape index (κ2) is 5.07. The molecule has 1 amide bonds. The maximum atomic E-state index is 11.9. The summed E-state index contributed by atoms with van der Waals surface area (Å²) in [6.07, 6.45) is 1.65. The Morgan fingerprint density at radius 3 is 3.00 bits per heavy atom. The predicted molar refractivity (Wildman–Crippen MR) is 68.9 cm³/mol. The van der Waals surface area contributed by atoms with Gasteiger partial charge in [0.1, 0.15) is 11.9 Å². The molecule has 0 bridgehead atoms. The van der Waals surface area contributed by atoms with Crippen molar-refractivity contribution >= 4 is 23.1 Å². The first-order chi connectivity index (χ1) is 8.16. The zero-order valence-electron chi connectivity index (χ0n) is 9.38. The Morgan fingerprint density at radius 2 is 2.35 bits per heavy atom. The molecule has 5 heteroatoms. The molecule has 3 N–H and O–H groups in total. The highest BCUT2D eigenvalue weighted by Gasteiger charge is 2.16. The number of aryl methyl sites for hydroxylation is 1. The van der Waals surface area contributed by atoms with E-state index in [0.717, 1.165) is 10.4 Å². The standard InChI is InChI=1S/C12H13N3OS/c1-8-4-5-14-10(7-8)15-12(16)11(13)9-3-2-6-17-9/h2-7,11H,13H2,1H3,(H,14,15,16). The van der Waals surface area contributed by atoms with Crippen LogP contribution in [-0.2, 0) is 4.79 Å². The molecule has 1 unspecified atom stereocenters. The number of amides is 1. The van der Waals surface area contributed by atoms with E-state index in [0.29, 0.717) is 5.82 Å². The molecule has 0 saturated carbocycles. The first-order valence-corrected chi connectivity index (χ1v) is 6.07. The lowest BCUT2D eigenvalue weighted by molar-refractivity contribution is -0.117. The predicted octanol–water partition coefficient (Wildman–Crippen LogP) is 2.09. The summed E-state index contributed by atoms with van der Waals surface area (Å²) in [5.41, 5.74) is 6.88. The number of pyridine rings is 1. The van der Waals surface area contributed by atoms with Gasteiger partial charge in [-0.15, -0.1) is 11.3 Å². The molecule has 0 radical (unpaired) electrons. The lowest BCUT2D eigenvalue weighted by Crippen LogP contribution is -2.27. The van der Waals surface area contributed by atoms with Crippen LogP contribution in [0.3, 0.4) is 0 Å². The van der Waals surface area contributed by atoms with Crippen LogP contribution in [0.2, 0.25) is 0 Å². The number of carbonyl (C=O) groups is 1. The first-order valence-electron chi connectivity index (χ1n) is 5.19. The molecular formula is C12H13N3OS. The molecule has 0 saturated heterocycles. The minimum absolute atomic E-state index is 0.245. The molecular weight excluding hydrogens is 234 g/mol. The summed E-state index contributed by atoms with van der Waals surface area (Å²) in [5, 5.41) is 4.60. The number of nitrogens with zero attached hydrogens (tertiary/aromatic N) is 1. The van der Waals surface area contributed by atoms with E-state index in [4.69, 9.17) is 5.73 Å². The Kier molecular flexibility index (Phi) is 3.51. The molecule has 0 spiro atoms. The highest BCUT2D eigenvalue weighted by molar-refractivity contribution is 7.10. The third-order valence-corrected chi connectivity index (χ3v) is 3.25. The van der Waals surface area contributed by atoms with Crippen molar-refractivity contribution in [3.63, 3.8) is 0 Å². The molecule has 0 aliphatic carbocycles. The molecule has 17 heavy (non-hydrogen) atoms. The summed E-state index contributed by atoms with van der Waals surface area (Å²) in [7, 11) is 0. The van der Waals surface area contributed by atoms with Gasteiger partial charge < -0.3 is 11.1 Å². The number of hydrogen-bond donors (Lipinski definition) is 2. The van der Waals surface area contributed by atoms with E-state index in [9.17, 15) is 4.79 Å². The summed E-state index contributed by atoms with van der Waals surface area (Å²) in [6.45, 7) is 1.94. The maximum absolute atomic E-state index is 11.9. The van der Waals surface area contributed by atoms with Gasteiger partial charge in [0.05, 0.1) is 0 Å². The SMILES string of the molecule is Cc1ccnc(NC(=O)C(N)c2cccs2)c1. The van der Waals surface area contributed by atoms with E-state index in [1.807, 2.05) is 30.5 Å². The fourth-order valence-corrected chi connectivity index (χ4v) is 2.13. The molecule has 2 rings (SSSR count). The molecule has 0 aliphatic heterocycles. The smallest absolute Gasteiger partial charge is 0.247 e. The fourth-order valence-electron chi connectivity index (χ4n) is 1.41.